The third-order valence-corrected chi connectivity index (χ3v) is 2.91. The first kappa shape index (κ1) is 17.0. The molecule has 0 aliphatic heterocycles. The molecule has 0 fully saturated rings. The molecule has 0 heterocycles. The van der Waals surface area contributed by atoms with Crippen molar-refractivity contribution in [1.29, 1.82) is 0 Å². The molecule has 0 radical (unpaired) electrons. The Labute approximate surface area is 125 Å². The molecule has 5 nitrogen and oxygen atoms in total. The fraction of sp³-hybridized carbons (Fsp3) is 0.500. The molecule has 0 aliphatic carbocycles. The minimum Gasteiger partial charge on any atom is -0.490 e. The van der Waals surface area contributed by atoms with Crippen LogP contribution >= 0.6 is 0 Å². The second-order valence-electron chi connectivity index (χ2n) is 4.77. The van der Waals surface area contributed by atoms with Gasteiger partial charge in [-0.3, -0.25) is 9.59 Å². The number of carbonyl (C=O) groups excluding carboxylic acids is 2. The van der Waals surface area contributed by atoms with Crippen LogP contribution in [0.4, 0.5) is 0 Å². The van der Waals surface area contributed by atoms with Crippen molar-refractivity contribution in [1.82, 2.24) is 5.32 Å². The molecule has 0 aromatic heterocycles. The molecule has 1 aromatic carbocycles. The molecule has 0 aliphatic rings. The van der Waals surface area contributed by atoms with Crippen molar-refractivity contribution in [2.45, 2.75) is 39.7 Å². The third-order valence-electron chi connectivity index (χ3n) is 2.91. The van der Waals surface area contributed by atoms with E-state index >= 15 is 0 Å². The Morgan fingerprint density at radius 1 is 1.33 bits per heavy atom. The summed E-state index contributed by atoms with van der Waals surface area (Å²) in [5.41, 5.74) is 0.371. The van der Waals surface area contributed by atoms with E-state index in [-0.39, 0.29) is 18.6 Å². The van der Waals surface area contributed by atoms with Crippen LogP contribution in [0.25, 0.3) is 0 Å². The smallest absolute Gasteiger partial charge is 0.258 e. The SMILES string of the molecule is CCCC(C)NC(=O)COc1c(C=O)cccc1OCC. The van der Waals surface area contributed by atoms with Crippen LogP contribution in [0.1, 0.15) is 44.0 Å². The number of nitrogens with one attached hydrogen (secondary N) is 1. The maximum absolute atomic E-state index is 11.8. The van der Waals surface area contributed by atoms with Gasteiger partial charge >= 0.3 is 0 Å². The monoisotopic (exact) mass is 293 g/mol. The summed E-state index contributed by atoms with van der Waals surface area (Å²) in [6, 6.07) is 5.16. The fourth-order valence-electron chi connectivity index (χ4n) is 2.01. The van der Waals surface area contributed by atoms with E-state index in [1.54, 1.807) is 18.2 Å². The van der Waals surface area contributed by atoms with E-state index in [4.69, 9.17) is 9.47 Å². The molecule has 1 N–H and O–H groups in total. The lowest BCUT2D eigenvalue weighted by atomic mass is 10.2. The second-order valence-corrected chi connectivity index (χ2v) is 4.77. The van der Waals surface area contributed by atoms with E-state index in [2.05, 4.69) is 12.2 Å². The minimum atomic E-state index is -0.209. The van der Waals surface area contributed by atoms with E-state index in [9.17, 15) is 9.59 Å². The van der Waals surface area contributed by atoms with Gasteiger partial charge in [0.1, 0.15) is 0 Å². The molecule has 0 spiro atoms. The standard InChI is InChI=1S/C16H23NO4/c1-4-7-12(3)17-15(19)11-21-16-13(10-18)8-6-9-14(16)20-5-2/h6,8-10,12H,4-5,7,11H2,1-3H3,(H,17,19). The number of benzene rings is 1. The van der Waals surface area contributed by atoms with E-state index in [1.165, 1.54) is 0 Å². The Morgan fingerprint density at radius 3 is 2.71 bits per heavy atom. The molecule has 116 valence electrons. The van der Waals surface area contributed by atoms with E-state index in [0.717, 1.165) is 12.8 Å². The Bertz CT molecular complexity index is 473. The average Bonchev–Trinajstić information content (AvgIpc) is 2.46. The van der Waals surface area contributed by atoms with Gasteiger partial charge < -0.3 is 14.8 Å². The Morgan fingerprint density at radius 2 is 2.10 bits per heavy atom. The Kier molecular flexibility index (Phi) is 7.29. The summed E-state index contributed by atoms with van der Waals surface area (Å²) in [6.07, 6.45) is 2.61. The molecule has 21 heavy (non-hydrogen) atoms. The number of amides is 1. The highest BCUT2D eigenvalue weighted by Crippen LogP contribution is 2.30. The summed E-state index contributed by atoms with van der Waals surface area (Å²) < 4.78 is 10.9. The van der Waals surface area contributed by atoms with Gasteiger partial charge in [-0.15, -0.1) is 0 Å². The molecule has 1 atom stereocenters. The van der Waals surface area contributed by atoms with Crippen LogP contribution in [0, 0.1) is 0 Å². The lowest BCUT2D eigenvalue weighted by Crippen LogP contribution is -2.36. The van der Waals surface area contributed by atoms with Crippen molar-refractivity contribution < 1.29 is 19.1 Å². The quantitative estimate of drug-likeness (QED) is 0.711. The molecular weight excluding hydrogens is 270 g/mol. The lowest BCUT2D eigenvalue weighted by Gasteiger charge is -2.15. The zero-order valence-electron chi connectivity index (χ0n) is 12.8. The first-order valence-electron chi connectivity index (χ1n) is 7.25. The molecule has 0 bridgehead atoms. The maximum Gasteiger partial charge on any atom is 0.258 e. The Hall–Kier alpha value is -2.04. The summed E-state index contributed by atoms with van der Waals surface area (Å²) in [5, 5.41) is 2.85. The highest BCUT2D eigenvalue weighted by Gasteiger charge is 2.13. The highest BCUT2D eigenvalue weighted by molar-refractivity contribution is 5.82. The van der Waals surface area contributed by atoms with Crippen molar-refractivity contribution in [3.05, 3.63) is 23.8 Å². The number of rotatable bonds is 9. The number of hydrogen-bond acceptors (Lipinski definition) is 4. The summed E-state index contributed by atoms with van der Waals surface area (Å²) in [4.78, 5) is 22.9. The Balaban J connectivity index is 2.69. The number of ether oxygens (including phenoxy) is 2. The van der Waals surface area contributed by atoms with Crippen molar-refractivity contribution in [3.63, 3.8) is 0 Å². The van der Waals surface area contributed by atoms with Gasteiger partial charge in [0.05, 0.1) is 12.2 Å². The molecule has 0 saturated carbocycles. The second kappa shape index (κ2) is 9.00. The van der Waals surface area contributed by atoms with E-state index in [1.807, 2.05) is 13.8 Å². The van der Waals surface area contributed by atoms with Gasteiger partial charge in [0.15, 0.2) is 24.4 Å². The number of hydrogen-bond donors (Lipinski definition) is 1. The van der Waals surface area contributed by atoms with Crippen LogP contribution < -0.4 is 14.8 Å². The number of para-hydroxylation sites is 1. The average molecular weight is 293 g/mol. The van der Waals surface area contributed by atoms with Crippen LogP contribution in [0.15, 0.2) is 18.2 Å². The summed E-state index contributed by atoms with van der Waals surface area (Å²) >= 11 is 0. The van der Waals surface area contributed by atoms with Crippen LogP contribution in [0.2, 0.25) is 0 Å². The molecular formula is C16H23NO4. The van der Waals surface area contributed by atoms with Gasteiger partial charge in [-0.25, -0.2) is 0 Å². The van der Waals surface area contributed by atoms with E-state index < -0.39 is 0 Å². The van der Waals surface area contributed by atoms with Gasteiger partial charge in [-0.2, -0.15) is 0 Å². The molecule has 1 unspecified atom stereocenters. The summed E-state index contributed by atoms with van der Waals surface area (Å²) in [5.74, 6) is 0.572. The third kappa shape index (κ3) is 5.45. The number of carbonyl (C=O) groups is 2. The van der Waals surface area contributed by atoms with Crippen LogP contribution in [-0.4, -0.2) is 31.4 Å². The maximum atomic E-state index is 11.8. The van der Waals surface area contributed by atoms with Gasteiger partial charge in [0.25, 0.3) is 5.91 Å². The molecule has 1 rings (SSSR count). The van der Waals surface area contributed by atoms with Gasteiger partial charge in [0.2, 0.25) is 0 Å². The highest BCUT2D eigenvalue weighted by atomic mass is 16.5. The summed E-state index contributed by atoms with van der Waals surface area (Å²) in [6.45, 7) is 6.17. The van der Waals surface area contributed by atoms with Gasteiger partial charge in [-0.05, 0) is 32.4 Å². The van der Waals surface area contributed by atoms with Crippen molar-refractivity contribution in [2.75, 3.05) is 13.2 Å². The largest absolute Gasteiger partial charge is 0.490 e. The minimum absolute atomic E-state index is 0.110. The zero-order chi connectivity index (χ0) is 15.7. The predicted molar refractivity (Wildman–Crippen MR) is 81.0 cm³/mol. The molecule has 1 aromatic rings. The first-order chi connectivity index (χ1) is 10.1. The molecule has 5 heteroatoms. The van der Waals surface area contributed by atoms with Crippen LogP contribution in [0.3, 0.4) is 0 Å². The summed E-state index contributed by atoms with van der Waals surface area (Å²) in [7, 11) is 0. The predicted octanol–water partition coefficient (Wildman–Crippen LogP) is 2.58. The normalized spacial score (nSPS) is 11.6. The van der Waals surface area contributed by atoms with Crippen LogP contribution in [-0.2, 0) is 4.79 Å². The van der Waals surface area contributed by atoms with Gasteiger partial charge in [0, 0.05) is 6.04 Å². The van der Waals surface area contributed by atoms with Crippen molar-refractivity contribution in [2.24, 2.45) is 0 Å². The molecule has 1 amide bonds. The number of aldehydes is 1. The fourth-order valence-corrected chi connectivity index (χ4v) is 2.01. The van der Waals surface area contributed by atoms with E-state index in [0.29, 0.717) is 30.0 Å². The van der Waals surface area contributed by atoms with Crippen LogP contribution in [0.5, 0.6) is 11.5 Å². The topological polar surface area (TPSA) is 64.6 Å². The zero-order valence-corrected chi connectivity index (χ0v) is 12.8. The van der Waals surface area contributed by atoms with Crippen molar-refractivity contribution >= 4 is 12.2 Å². The van der Waals surface area contributed by atoms with Crippen molar-refractivity contribution in [3.8, 4) is 11.5 Å². The first-order valence-corrected chi connectivity index (χ1v) is 7.25. The molecule has 0 saturated heterocycles. The van der Waals surface area contributed by atoms with Gasteiger partial charge in [-0.1, -0.05) is 19.4 Å². The lowest BCUT2D eigenvalue weighted by molar-refractivity contribution is -0.123.